The van der Waals surface area contributed by atoms with Crippen LogP contribution in [0.3, 0.4) is 0 Å². The van der Waals surface area contributed by atoms with Gasteiger partial charge in [0.25, 0.3) is 0 Å². The van der Waals surface area contributed by atoms with E-state index >= 15 is 0 Å². The van der Waals surface area contributed by atoms with Crippen molar-refractivity contribution in [2.75, 3.05) is 0 Å². The Bertz CT molecular complexity index is 552. The summed E-state index contributed by atoms with van der Waals surface area (Å²) in [4.78, 5) is 0. The van der Waals surface area contributed by atoms with E-state index in [4.69, 9.17) is 4.74 Å². The second-order valence-corrected chi connectivity index (χ2v) is 6.57. The highest BCUT2D eigenvalue weighted by Crippen LogP contribution is 2.34. The Morgan fingerprint density at radius 2 is 1.26 bits per heavy atom. The number of fused-ring (bicyclic) bond motifs is 2. The van der Waals surface area contributed by atoms with E-state index in [-0.39, 0.29) is 18.5 Å². The molecule has 2 aromatic carbocycles. The molecule has 1 N–H and O–H groups in total. The van der Waals surface area contributed by atoms with Gasteiger partial charge in [-0.2, -0.15) is 0 Å². The zero-order valence-electron chi connectivity index (χ0n) is 13.2. The van der Waals surface area contributed by atoms with E-state index in [0.717, 1.165) is 12.8 Å². The van der Waals surface area contributed by atoms with Crippen LogP contribution in [0.4, 0.5) is 0 Å². The molecule has 3 atom stereocenters. The Hall–Kier alpha value is -1.35. The number of rotatable bonds is 4. The Balaban J connectivity index is 0.00000156. The van der Waals surface area contributed by atoms with E-state index in [9.17, 15) is 0 Å². The highest BCUT2D eigenvalue weighted by molar-refractivity contribution is 5.85. The first-order valence-corrected chi connectivity index (χ1v) is 8.40. The van der Waals surface area contributed by atoms with Crippen LogP contribution < -0.4 is 5.32 Å². The average molecular weight is 330 g/mol. The summed E-state index contributed by atoms with van der Waals surface area (Å²) in [7, 11) is 0. The Labute approximate surface area is 144 Å². The lowest BCUT2D eigenvalue weighted by atomic mass is 9.98. The second-order valence-electron chi connectivity index (χ2n) is 6.57. The summed E-state index contributed by atoms with van der Waals surface area (Å²) < 4.78 is 6.60. The molecule has 23 heavy (non-hydrogen) atoms. The van der Waals surface area contributed by atoms with Crippen LogP contribution >= 0.6 is 12.4 Å². The first-order chi connectivity index (χ1) is 10.9. The highest BCUT2D eigenvalue weighted by Gasteiger charge is 2.35. The average Bonchev–Trinajstić information content (AvgIpc) is 2.93. The molecule has 0 amide bonds. The molecular formula is C20H24ClNO. The van der Waals surface area contributed by atoms with Gasteiger partial charge < -0.3 is 10.1 Å². The van der Waals surface area contributed by atoms with Crippen molar-refractivity contribution in [1.29, 1.82) is 0 Å². The fourth-order valence-corrected chi connectivity index (χ4v) is 3.91. The molecule has 2 aromatic rings. The van der Waals surface area contributed by atoms with Crippen LogP contribution in [0.5, 0.6) is 0 Å². The molecule has 4 rings (SSSR count). The third-order valence-corrected chi connectivity index (χ3v) is 4.96. The summed E-state index contributed by atoms with van der Waals surface area (Å²) in [6, 6.07) is 22.5. The summed E-state index contributed by atoms with van der Waals surface area (Å²) >= 11 is 0. The van der Waals surface area contributed by atoms with Gasteiger partial charge >= 0.3 is 0 Å². The van der Waals surface area contributed by atoms with E-state index in [0.29, 0.717) is 18.2 Å². The lowest BCUT2D eigenvalue weighted by Crippen LogP contribution is -2.41. The molecule has 0 saturated carbocycles. The fourth-order valence-electron chi connectivity index (χ4n) is 3.91. The van der Waals surface area contributed by atoms with E-state index in [1.807, 2.05) is 0 Å². The lowest BCUT2D eigenvalue weighted by Gasteiger charge is -2.32. The van der Waals surface area contributed by atoms with E-state index in [1.165, 1.54) is 24.0 Å². The molecule has 0 spiro atoms. The molecule has 1 unspecified atom stereocenters. The van der Waals surface area contributed by atoms with E-state index in [1.54, 1.807) is 0 Å². The number of nitrogens with one attached hydrogen (secondary N) is 1. The minimum absolute atomic E-state index is 0. The second kappa shape index (κ2) is 7.48. The molecule has 2 heterocycles. The predicted molar refractivity (Wildman–Crippen MR) is 96.0 cm³/mol. The molecule has 2 aliphatic heterocycles. The van der Waals surface area contributed by atoms with Gasteiger partial charge in [-0.05, 0) is 36.8 Å². The number of hydrogen-bond donors (Lipinski definition) is 1. The van der Waals surface area contributed by atoms with Gasteiger partial charge in [0, 0.05) is 12.1 Å². The van der Waals surface area contributed by atoms with Crippen molar-refractivity contribution in [1.82, 2.24) is 5.32 Å². The van der Waals surface area contributed by atoms with Gasteiger partial charge in [0.2, 0.25) is 0 Å². The van der Waals surface area contributed by atoms with Gasteiger partial charge in [-0.3, -0.25) is 0 Å². The number of ether oxygens (including phenoxy) is 1. The zero-order valence-corrected chi connectivity index (χ0v) is 14.0. The maximum absolute atomic E-state index is 6.60. The van der Waals surface area contributed by atoms with Crippen LogP contribution in [0.1, 0.15) is 42.9 Å². The van der Waals surface area contributed by atoms with Crippen LogP contribution in [0.15, 0.2) is 60.7 Å². The molecule has 2 bridgehead atoms. The van der Waals surface area contributed by atoms with Gasteiger partial charge in [0.15, 0.2) is 0 Å². The summed E-state index contributed by atoms with van der Waals surface area (Å²) in [5.74, 6) is 0. The minimum atomic E-state index is 0. The maximum Gasteiger partial charge on any atom is 0.108 e. The number of halogens is 1. The Morgan fingerprint density at radius 1 is 0.783 bits per heavy atom. The molecular weight excluding hydrogens is 306 g/mol. The largest absolute Gasteiger partial charge is 0.365 e. The number of piperidine rings is 1. The molecule has 122 valence electrons. The number of benzene rings is 2. The first-order valence-electron chi connectivity index (χ1n) is 8.40. The first kappa shape index (κ1) is 16.5. The number of hydrogen-bond acceptors (Lipinski definition) is 2. The smallest absolute Gasteiger partial charge is 0.108 e. The summed E-state index contributed by atoms with van der Waals surface area (Å²) in [5, 5.41) is 3.69. The van der Waals surface area contributed by atoms with Gasteiger partial charge in [-0.25, -0.2) is 0 Å². The molecule has 0 aromatic heterocycles. The molecule has 2 aliphatic rings. The fraction of sp³-hybridized carbons (Fsp3) is 0.400. The van der Waals surface area contributed by atoms with Crippen molar-refractivity contribution in [3.63, 3.8) is 0 Å². The van der Waals surface area contributed by atoms with Crippen molar-refractivity contribution in [3.05, 3.63) is 71.8 Å². The van der Waals surface area contributed by atoms with Crippen molar-refractivity contribution in [3.8, 4) is 0 Å². The lowest BCUT2D eigenvalue weighted by molar-refractivity contribution is -0.0181. The van der Waals surface area contributed by atoms with Crippen LogP contribution in [0, 0.1) is 0 Å². The highest BCUT2D eigenvalue weighted by atomic mass is 35.5. The molecule has 2 fully saturated rings. The quantitative estimate of drug-likeness (QED) is 0.892. The van der Waals surface area contributed by atoms with Crippen molar-refractivity contribution >= 4 is 12.4 Å². The van der Waals surface area contributed by atoms with Gasteiger partial charge in [0.05, 0.1) is 6.10 Å². The van der Waals surface area contributed by atoms with Crippen molar-refractivity contribution in [2.24, 2.45) is 0 Å². The SMILES string of the molecule is Cl.c1ccc(C(OC2C[C@H]3CC[C@@H](C2)N3)c2ccccc2)cc1. The van der Waals surface area contributed by atoms with Gasteiger partial charge in [-0.15, -0.1) is 12.4 Å². The van der Waals surface area contributed by atoms with Crippen LogP contribution in [-0.2, 0) is 4.74 Å². The normalized spacial score (nSPS) is 26.0. The van der Waals surface area contributed by atoms with Crippen molar-refractivity contribution in [2.45, 2.75) is 50.0 Å². The summed E-state index contributed by atoms with van der Waals surface area (Å²) in [5.41, 5.74) is 2.50. The standard InChI is InChI=1S/C20H23NO.ClH/c1-3-7-15(8-4-1)20(16-9-5-2-6-10-16)22-19-13-17-11-12-18(14-19)21-17;/h1-10,17-21H,11-14H2;1H/t17-,18+,19?;. The summed E-state index contributed by atoms with van der Waals surface area (Å²) in [6.07, 6.45) is 5.32. The molecule has 2 nitrogen and oxygen atoms in total. The Kier molecular flexibility index (Phi) is 5.37. The van der Waals surface area contributed by atoms with Crippen molar-refractivity contribution < 1.29 is 4.74 Å². The Morgan fingerprint density at radius 3 is 1.74 bits per heavy atom. The minimum Gasteiger partial charge on any atom is -0.365 e. The maximum atomic E-state index is 6.60. The monoisotopic (exact) mass is 329 g/mol. The third-order valence-electron chi connectivity index (χ3n) is 4.96. The molecule has 2 saturated heterocycles. The topological polar surface area (TPSA) is 21.3 Å². The molecule has 0 aliphatic carbocycles. The van der Waals surface area contributed by atoms with E-state index in [2.05, 4.69) is 66.0 Å². The zero-order chi connectivity index (χ0) is 14.8. The van der Waals surface area contributed by atoms with Gasteiger partial charge in [0.1, 0.15) is 6.10 Å². The van der Waals surface area contributed by atoms with Crippen LogP contribution in [-0.4, -0.2) is 18.2 Å². The van der Waals surface area contributed by atoms with E-state index < -0.39 is 0 Å². The van der Waals surface area contributed by atoms with Crippen LogP contribution in [0.2, 0.25) is 0 Å². The summed E-state index contributed by atoms with van der Waals surface area (Å²) in [6.45, 7) is 0. The molecule has 3 heteroatoms. The van der Waals surface area contributed by atoms with Gasteiger partial charge in [-0.1, -0.05) is 60.7 Å². The van der Waals surface area contributed by atoms with Crippen LogP contribution in [0.25, 0.3) is 0 Å². The predicted octanol–water partition coefficient (Wildman–Crippen LogP) is 4.50. The molecule has 0 radical (unpaired) electrons. The third kappa shape index (κ3) is 3.77.